The predicted molar refractivity (Wildman–Crippen MR) is 102 cm³/mol. The van der Waals surface area contributed by atoms with Crippen LogP contribution in [0.15, 0.2) is 54.7 Å². The minimum atomic E-state index is -0.366. The summed E-state index contributed by atoms with van der Waals surface area (Å²) in [7, 11) is 0. The Morgan fingerprint density at radius 3 is 2.81 bits per heavy atom. The predicted octanol–water partition coefficient (Wildman–Crippen LogP) is 4.91. The van der Waals surface area contributed by atoms with Crippen molar-refractivity contribution in [1.82, 2.24) is 4.98 Å². The lowest BCUT2D eigenvalue weighted by Crippen LogP contribution is -2.03. The van der Waals surface area contributed by atoms with Gasteiger partial charge in [-0.25, -0.2) is 4.39 Å². The topological polar surface area (TPSA) is 56.9 Å². The highest BCUT2D eigenvalue weighted by Gasteiger charge is 2.24. The third-order valence-electron chi connectivity index (χ3n) is 4.14. The van der Waals surface area contributed by atoms with Crippen LogP contribution < -0.4 is 10.6 Å². The first-order valence-electron chi connectivity index (χ1n) is 8.08. The first-order valence-corrected chi connectivity index (χ1v) is 8.46. The zero-order valence-electron chi connectivity index (χ0n) is 13.6. The Hall–Kier alpha value is -3.05. The quantitative estimate of drug-likeness (QED) is 0.574. The number of rotatable bonds is 4. The van der Waals surface area contributed by atoms with Gasteiger partial charge in [-0.15, -0.1) is 0 Å². The van der Waals surface area contributed by atoms with Gasteiger partial charge in [0.2, 0.25) is 0 Å². The lowest BCUT2D eigenvalue weighted by molar-refractivity contribution is -0.110. The number of benzene rings is 2. The van der Waals surface area contributed by atoms with Gasteiger partial charge >= 0.3 is 0 Å². The molecule has 3 aromatic rings. The standard InChI is InChI=1S/C20H15ClFN3O/c21-13-6-12(7-14(22)8-13)11-24-16-3-4-19-17(9-16)18(20(26)25-19)10-15-2-1-5-23-15/h1-10,23-24H,11H2,(H,25,26). The van der Waals surface area contributed by atoms with Crippen molar-refractivity contribution < 1.29 is 9.18 Å². The van der Waals surface area contributed by atoms with Crippen LogP contribution >= 0.6 is 11.6 Å². The maximum absolute atomic E-state index is 13.4. The van der Waals surface area contributed by atoms with Crippen molar-refractivity contribution in [3.8, 4) is 0 Å². The van der Waals surface area contributed by atoms with E-state index in [1.807, 2.05) is 42.6 Å². The summed E-state index contributed by atoms with van der Waals surface area (Å²) in [6.45, 7) is 0.424. The lowest BCUT2D eigenvalue weighted by Gasteiger charge is -2.09. The fourth-order valence-electron chi connectivity index (χ4n) is 2.95. The van der Waals surface area contributed by atoms with Gasteiger partial charge in [0.25, 0.3) is 5.91 Å². The summed E-state index contributed by atoms with van der Waals surface area (Å²) < 4.78 is 13.4. The summed E-state index contributed by atoms with van der Waals surface area (Å²) >= 11 is 5.89. The third-order valence-corrected chi connectivity index (χ3v) is 4.36. The number of aromatic amines is 1. The minimum absolute atomic E-state index is 0.135. The van der Waals surface area contributed by atoms with Crippen LogP contribution in [-0.2, 0) is 11.3 Å². The monoisotopic (exact) mass is 367 g/mol. The Morgan fingerprint density at radius 2 is 2.04 bits per heavy atom. The number of nitrogens with one attached hydrogen (secondary N) is 3. The first-order chi connectivity index (χ1) is 12.6. The van der Waals surface area contributed by atoms with E-state index in [0.717, 1.165) is 28.2 Å². The molecule has 2 heterocycles. The van der Waals surface area contributed by atoms with Crippen LogP contribution in [0, 0.1) is 5.82 Å². The molecule has 0 spiro atoms. The van der Waals surface area contributed by atoms with E-state index in [2.05, 4.69) is 15.6 Å². The summed E-state index contributed by atoms with van der Waals surface area (Å²) in [6.07, 6.45) is 3.62. The molecule has 130 valence electrons. The van der Waals surface area contributed by atoms with Crippen molar-refractivity contribution >= 4 is 40.5 Å². The van der Waals surface area contributed by atoms with E-state index in [0.29, 0.717) is 17.1 Å². The summed E-state index contributed by atoms with van der Waals surface area (Å²) in [6, 6.07) is 13.8. The Morgan fingerprint density at radius 1 is 1.15 bits per heavy atom. The van der Waals surface area contributed by atoms with Gasteiger partial charge in [-0.05, 0) is 60.2 Å². The SMILES string of the molecule is O=C1Nc2ccc(NCc3cc(F)cc(Cl)c3)cc2C1=Cc1ccc[nH]1. The molecule has 1 amide bonds. The molecule has 4 rings (SSSR count). The number of amides is 1. The average Bonchev–Trinajstić information content (AvgIpc) is 3.21. The van der Waals surface area contributed by atoms with Crippen LogP contribution in [0.3, 0.4) is 0 Å². The molecule has 4 nitrogen and oxygen atoms in total. The number of anilines is 2. The van der Waals surface area contributed by atoms with Crippen molar-refractivity contribution in [2.75, 3.05) is 10.6 Å². The summed E-state index contributed by atoms with van der Waals surface area (Å²) in [4.78, 5) is 15.3. The Bertz CT molecular complexity index is 992. The van der Waals surface area contributed by atoms with Crippen LogP contribution in [0.1, 0.15) is 16.8 Å². The van der Waals surface area contributed by atoms with E-state index in [-0.39, 0.29) is 11.7 Å². The van der Waals surface area contributed by atoms with Crippen LogP contribution in [0.4, 0.5) is 15.8 Å². The molecule has 1 aromatic heterocycles. The van der Waals surface area contributed by atoms with E-state index < -0.39 is 0 Å². The fraction of sp³-hybridized carbons (Fsp3) is 0.0500. The molecule has 6 heteroatoms. The molecular weight excluding hydrogens is 353 g/mol. The van der Waals surface area contributed by atoms with Crippen molar-refractivity contribution in [3.63, 3.8) is 0 Å². The number of aromatic nitrogens is 1. The van der Waals surface area contributed by atoms with Gasteiger partial charge in [-0.1, -0.05) is 11.6 Å². The second-order valence-electron chi connectivity index (χ2n) is 6.03. The smallest absolute Gasteiger partial charge is 0.256 e. The second kappa shape index (κ2) is 6.69. The number of H-pyrrole nitrogens is 1. The number of hydrogen-bond donors (Lipinski definition) is 3. The lowest BCUT2D eigenvalue weighted by atomic mass is 10.1. The van der Waals surface area contributed by atoms with Crippen LogP contribution in [0.5, 0.6) is 0 Å². The molecule has 0 aliphatic carbocycles. The van der Waals surface area contributed by atoms with Gasteiger partial charge in [-0.2, -0.15) is 0 Å². The largest absolute Gasteiger partial charge is 0.381 e. The zero-order valence-corrected chi connectivity index (χ0v) is 14.4. The fourth-order valence-corrected chi connectivity index (χ4v) is 3.19. The molecule has 1 aliphatic heterocycles. The van der Waals surface area contributed by atoms with Gasteiger partial charge in [0.1, 0.15) is 5.82 Å². The van der Waals surface area contributed by atoms with Crippen molar-refractivity contribution in [1.29, 1.82) is 0 Å². The normalized spacial score (nSPS) is 14.4. The molecule has 26 heavy (non-hydrogen) atoms. The highest BCUT2D eigenvalue weighted by molar-refractivity contribution is 6.35. The maximum Gasteiger partial charge on any atom is 0.256 e. The number of carbonyl (C=O) groups is 1. The Kier molecular flexibility index (Phi) is 4.22. The van der Waals surface area contributed by atoms with Crippen LogP contribution in [-0.4, -0.2) is 10.9 Å². The Labute approximate surface area is 154 Å². The molecular formula is C20H15ClFN3O. The first kappa shape index (κ1) is 16.4. The molecule has 3 N–H and O–H groups in total. The molecule has 0 radical (unpaired) electrons. The number of hydrogen-bond acceptors (Lipinski definition) is 2. The van der Waals surface area contributed by atoms with E-state index in [1.165, 1.54) is 12.1 Å². The molecule has 0 atom stereocenters. The molecule has 0 fully saturated rings. The van der Waals surface area contributed by atoms with Crippen LogP contribution in [0.2, 0.25) is 5.02 Å². The Balaban J connectivity index is 1.59. The molecule has 0 saturated carbocycles. The third kappa shape index (κ3) is 3.34. The number of carbonyl (C=O) groups excluding carboxylic acids is 1. The van der Waals surface area contributed by atoms with Crippen molar-refractivity contribution in [3.05, 3.63) is 82.4 Å². The van der Waals surface area contributed by atoms with Gasteiger partial charge in [-0.3, -0.25) is 4.79 Å². The summed E-state index contributed by atoms with van der Waals surface area (Å²) in [5.41, 5.74) is 4.62. The highest BCUT2D eigenvalue weighted by Crippen LogP contribution is 2.35. The molecule has 2 aromatic carbocycles. The second-order valence-corrected chi connectivity index (χ2v) is 6.47. The molecule has 1 aliphatic rings. The van der Waals surface area contributed by atoms with Gasteiger partial charge < -0.3 is 15.6 Å². The van der Waals surface area contributed by atoms with E-state index in [9.17, 15) is 9.18 Å². The van der Waals surface area contributed by atoms with E-state index in [4.69, 9.17) is 11.6 Å². The van der Waals surface area contributed by atoms with Gasteiger partial charge in [0, 0.05) is 40.4 Å². The maximum atomic E-state index is 13.4. The number of fused-ring (bicyclic) bond motifs is 1. The molecule has 0 unspecified atom stereocenters. The van der Waals surface area contributed by atoms with E-state index >= 15 is 0 Å². The summed E-state index contributed by atoms with van der Waals surface area (Å²) in [5.74, 6) is -0.502. The average molecular weight is 368 g/mol. The minimum Gasteiger partial charge on any atom is -0.381 e. The van der Waals surface area contributed by atoms with E-state index in [1.54, 1.807) is 6.07 Å². The molecule has 0 bridgehead atoms. The highest BCUT2D eigenvalue weighted by atomic mass is 35.5. The van der Waals surface area contributed by atoms with Crippen LogP contribution in [0.25, 0.3) is 11.6 Å². The summed E-state index contributed by atoms with van der Waals surface area (Å²) in [5, 5.41) is 6.46. The van der Waals surface area contributed by atoms with Crippen molar-refractivity contribution in [2.24, 2.45) is 0 Å². The van der Waals surface area contributed by atoms with Gasteiger partial charge in [0.15, 0.2) is 0 Å². The number of halogens is 2. The van der Waals surface area contributed by atoms with Crippen molar-refractivity contribution in [2.45, 2.75) is 6.54 Å². The zero-order chi connectivity index (χ0) is 18.1. The van der Waals surface area contributed by atoms with Gasteiger partial charge in [0.05, 0.1) is 5.57 Å². The molecule has 0 saturated heterocycles.